The fraction of sp³-hybridized carbons (Fsp3) is 0.107. The fourth-order valence-electron chi connectivity index (χ4n) is 3.40. The van der Waals surface area contributed by atoms with Gasteiger partial charge in [0.1, 0.15) is 0 Å². The quantitative estimate of drug-likeness (QED) is 0.359. The average Bonchev–Trinajstić information content (AvgIpc) is 2.91. The second-order valence-corrected chi connectivity index (χ2v) is 7.76. The molecule has 174 valence electrons. The van der Waals surface area contributed by atoms with Gasteiger partial charge in [0.05, 0.1) is 48.1 Å². The Morgan fingerprint density at radius 2 is 1.20 bits per heavy atom. The van der Waals surface area contributed by atoms with Gasteiger partial charge in [0.2, 0.25) is 0 Å². The molecule has 0 spiro atoms. The minimum atomic E-state index is -0.519. The monoisotopic (exact) mass is 465 g/mol. The van der Waals surface area contributed by atoms with E-state index in [4.69, 9.17) is 9.47 Å². The summed E-state index contributed by atoms with van der Waals surface area (Å²) in [6, 6.07) is 18.3. The van der Waals surface area contributed by atoms with E-state index in [0.29, 0.717) is 33.9 Å². The van der Waals surface area contributed by atoms with Crippen molar-refractivity contribution in [1.82, 2.24) is 15.0 Å². The second kappa shape index (κ2) is 10.5. The summed E-state index contributed by atoms with van der Waals surface area (Å²) in [6.07, 6.45) is 7.18. The predicted molar refractivity (Wildman–Crippen MR) is 133 cm³/mol. The van der Waals surface area contributed by atoms with Crippen molar-refractivity contribution in [1.29, 1.82) is 0 Å². The first-order valence-corrected chi connectivity index (χ1v) is 10.8. The Balaban J connectivity index is 1.74. The number of benzene rings is 1. The van der Waals surface area contributed by atoms with Crippen molar-refractivity contribution in [3.63, 3.8) is 0 Å². The Hall–Kier alpha value is -4.65. The van der Waals surface area contributed by atoms with Crippen LogP contribution in [0.4, 0.5) is 0 Å². The summed E-state index contributed by atoms with van der Waals surface area (Å²) in [6.45, 7) is 2.05. The van der Waals surface area contributed by atoms with Crippen molar-refractivity contribution in [3.05, 3.63) is 101 Å². The number of aromatic nitrogens is 3. The summed E-state index contributed by atoms with van der Waals surface area (Å²) in [7, 11) is 2.62. The van der Waals surface area contributed by atoms with E-state index in [1.807, 2.05) is 31.2 Å². The molecule has 0 radical (unpaired) electrons. The zero-order chi connectivity index (χ0) is 24.8. The molecule has 0 amide bonds. The number of ether oxygens (including phenoxy) is 2. The maximum absolute atomic E-state index is 12.4. The molecule has 4 rings (SSSR count). The van der Waals surface area contributed by atoms with E-state index in [9.17, 15) is 9.59 Å². The molecule has 0 atom stereocenters. The number of aryl methyl sites for hydroxylation is 1. The third kappa shape index (κ3) is 5.65. The van der Waals surface area contributed by atoms with Crippen molar-refractivity contribution < 1.29 is 19.1 Å². The van der Waals surface area contributed by atoms with E-state index in [0.717, 1.165) is 11.1 Å². The lowest BCUT2D eigenvalue weighted by atomic mass is 10.1. The second-order valence-electron chi connectivity index (χ2n) is 7.76. The number of methoxy groups -OCH3 is 2. The normalized spacial score (nSPS) is 10.8. The summed E-state index contributed by atoms with van der Waals surface area (Å²) < 4.78 is 9.72. The topological polar surface area (TPSA) is 91.3 Å². The van der Waals surface area contributed by atoms with Crippen LogP contribution in [0.25, 0.3) is 34.9 Å². The van der Waals surface area contributed by atoms with Crippen molar-refractivity contribution in [2.75, 3.05) is 14.2 Å². The van der Waals surface area contributed by atoms with Crippen LogP contribution < -0.4 is 0 Å². The highest BCUT2D eigenvalue weighted by molar-refractivity contribution is 5.93. The van der Waals surface area contributed by atoms with Crippen molar-refractivity contribution in [2.24, 2.45) is 0 Å². The standard InChI is InChI=1S/C28H23N3O4/c1-18-4-6-19(7-5-18)8-9-20-10-12-29-23(14-20)25-16-22(28(33)35-3)17-26(31-25)24-15-21(11-13-30-24)27(32)34-2/h4-17H,1-3H3/b9-8+. The molecule has 1 aromatic carbocycles. The molecule has 0 saturated carbocycles. The number of hydrogen-bond donors (Lipinski definition) is 0. The van der Waals surface area contributed by atoms with Crippen LogP contribution in [-0.4, -0.2) is 41.1 Å². The Morgan fingerprint density at radius 1 is 0.657 bits per heavy atom. The summed E-state index contributed by atoms with van der Waals surface area (Å²) in [5.41, 5.74) is 5.68. The lowest BCUT2D eigenvalue weighted by Gasteiger charge is -2.09. The van der Waals surface area contributed by atoms with Crippen LogP contribution in [0.5, 0.6) is 0 Å². The molecule has 3 heterocycles. The SMILES string of the molecule is COC(=O)c1ccnc(-c2cc(C(=O)OC)cc(-c3cc(/C=C/c4ccc(C)cc4)ccn3)n2)c1. The molecule has 0 N–H and O–H groups in total. The predicted octanol–water partition coefficient (Wildman–Crippen LogP) is 5.26. The van der Waals surface area contributed by atoms with Gasteiger partial charge in [-0.3, -0.25) is 9.97 Å². The molecule has 3 aromatic heterocycles. The fourth-order valence-corrected chi connectivity index (χ4v) is 3.40. The number of carbonyl (C=O) groups is 2. The van der Waals surface area contributed by atoms with E-state index in [2.05, 4.69) is 39.2 Å². The molecule has 0 fully saturated rings. The highest BCUT2D eigenvalue weighted by atomic mass is 16.5. The third-order valence-corrected chi connectivity index (χ3v) is 5.28. The average molecular weight is 466 g/mol. The maximum atomic E-state index is 12.4. The first-order chi connectivity index (χ1) is 17.0. The summed E-state index contributed by atoms with van der Waals surface area (Å²) in [4.78, 5) is 37.8. The van der Waals surface area contributed by atoms with Crippen molar-refractivity contribution in [3.8, 4) is 22.8 Å². The highest BCUT2D eigenvalue weighted by Crippen LogP contribution is 2.25. The zero-order valence-electron chi connectivity index (χ0n) is 19.6. The lowest BCUT2D eigenvalue weighted by Crippen LogP contribution is -2.05. The number of esters is 2. The van der Waals surface area contributed by atoms with Crippen LogP contribution in [0, 0.1) is 6.92 Å². The minimum absolute atomic E-state index is 0.292. The van der Waals surface area contributed by atoms with Gasteiger partial charge in [-0.05, 0) is 54.4 Å². The van der Waals surface area contributed by atoms with Crippen molar-refractivity contribution >= 4 is 24.1 Å². The Morgan fingerprint density at radius 3 is 1.86 bits per heavy atom. The molecule has 0 aliphatic heterocycles. The molecule has 7 nitrogen and oxygen atoms in total. The minimum Gasteiger partial charge on any atom is -0.465 e. The molecule has 0 saturated heterocycles. The largest absolute Gasteiger partial charge is 0.465 e. The van der Waals surface area contributed by atoms with E-state index >= 15 is 0 Å². The van der Waals surface area contributed by atoms with Gasteiger partial charge in [0.15, 0.2) is 0 Å². The van der Waals surface area contributed by atoms with E-state index in [1.54, 1.807) is 30.5 Å². The number of hydrogen-bond acceptors (Lipinski definition) is 7. The number of pyridine rings is 3. The molecule has 0 bridgehead atoms. The molecule has 0 aliphatic rings. The molecule has 7 heteroatoms. The van der Waals surface area contributed by atoms with Gasteiger partial charge in [0, 0.05) is 12.4 Å². The van der Waals surface area contributed by atoms with Crippen LogP contribution in [-0.2, 0) is 9.47 Å². The lowest BCUT2D eigenvalue weighted by molar-refractivity contribution is 0.0591. The van der Waals surface area contributed by atoms with Crippen LogP contribution in [0.1, 0.15) is 37.4 Å². The smallest absolute Gasteiger partial charge is 0.338 e. The molecule has 0 aliphatic carbocycles. The highest BCUT2D eigenvalue weighted by Gasteiger charge is 2.15. The van der Waals surface area contributed by atoms with Gasteiger partial charge < -0.3 is 9.47 Å². The van der Waals surface area contributed by atoms with Crippen LogP contribution in [0.15, 0.2) is 73.1 Å². The van der Waals surface area contributed by atoms with Gasteiger partial charge in [0.25, 0.3) is 0 Å². The third-order valence-electron chi connectivity index (χ3n) is 5.28. The molecular formula is C28H23N3O4. The summed E-state index contributed by atoms with van der Waals surface area (Å²) in [5, 5.41) is 0. The van der Waals surface area contributed by atoms with Gasteiger partial charge in [-0.25, -0.2) is 14.6 Å². The molecule has 0 unspecified atom stereocenters. The maximum Gasteiger partial charge on any atom is 0.338 e. The number of rotatable bonds is 6. The van der Waals surface area contributed by atoms with Crippen molar-refractivity contribution in [2.45, 2.75) is 6.92 Å². The number of carbonyl (C=O) groups excluding carboxylic acids is 2. The Bertz CT molecular complexity index is 1410. The van der Waals surface area contributed by atoms with Gasteiger partial charge >= 0.3 is 11.9 Å². The summed E-state index contributed by atoms with van der Waals surface area (Å²) >= 11 is 0. The molecule has 35 heavy (non-hydrogen) atoms. The van der Waals surface area contributed by atoms with E-state index in [-0.39, 0.29) is 0 Å². The molecule has 4 aromatic rings. The van der Waals surface area contributed by atoms with Gasteiger partial charge in [-0.1, -0.05) is 42.0 Å². The Labute approximate surface area is 203 Å². The van der Waals surface area contributed by atoms with E-state index in [1.165, 1.54) is 26.0 Å². The van der Waals surface area contributed by atoms with Crippen LogP contribution >= 0.6 is 0 Å². The van der Waals surface area contributed by atoms with Crippen LogP contribution in [0.3, 0.4) is 0 Å². The first kappa shape index (κ1) is 23.5. The molecular weight excluding hydrogens is 442 g/mol. The van der Waals surface area contributed by atoms with E-state index < -0.39 is 11.9 Å². The first-order valence-electron chi connectivity index (χ1n) is 10.8. The summed E-state index contributed by atoms with van der Waals surface area (Å²) in [5.74, 6) is -1.01. The zero-order valence-corrected chi connectivity index (χ0v) is 19.6. The van der Waals surface area contributed by atoms with Gasteiger partial charge in [-0.2, -0.15) is 0 Å². The Kier molecular flexibility index (Phi) is 7.07. The number of nitrogens with zero attached hydrogens (tertiary/aromatic N) is 3. The van der Waals surface area contributed by atoms with Gasteiger partial charge in [-0.15, -0.1) is 0 Å². The van der Waals surface area contributed by atoms with Crippen LogP contribution in [0.2, 0.25) is 0 Å².